The van der Waals surface area contributed by atoms with E-state index in [-0.39, 0.29) is 16.8 Å². The molecule has 0 atom stereocenters. The molecule has 26 heavy (non-hydrogen) atoms. The van der Waals surface area contributed by atoms with Crippen LogP contribution in [0, 0.1) is 0 Å². The second kappa shape index (κ2) is 6.72. The minimum atomic E-state index is -0.909. The first-order valence-corrected chi connectivity index (χ1v) is 8.51. The number of nitrogens with zero attached hydrogens (tertiary/aromatic N) is 3. The van der Waals surface area contributed by atoms with Crippen molar-refractivity contribution in [2.45, 2.75) is 25.8 Å². The normalized spacial score (nSPS) is 17.5. The molecule has 0 unspecified atom stereocenters. The molecular formula is C18H17N3O5. The second-order valence-electron chi connectivity index (χ2n) is 6.34. The Morgan fingerprint density at radius 2 is 1.73 bits per heavy atom. The first kappa shape index (κ1) is 16.5. The highest BCUT2D eigenvalue weighted by Gasteiger charge is 2.39. The number of hydrogen-bond donors (Lipinski definition) is 0. The molecule has 0 saturated carbocycles. The Hall–Kier alpha value is -3.00. The Labute approximate surface area is 149 Å². The van der Waals surface area contributed by atoms with Gasteiger partial charge in [-0.15, -0.1) is 0 Å². The highest BCUT2D eigenvalue weighted by Crippen LogP contribution is 2.23. The highest BCUT2D eigenvalue weighted by atomic mass is 16.7. The quantitative estimate of drug-likeness (QED) is 0.775. The minimum absolute atomic E-state index is 0.0754. The topological polar surface area (TPSA) is 93.0 Å². The van der Waals surface area contributed by atoms with Gasteiger partial charge in [0.2, 0.25) is 0 Å². The van der Waals surface area contributed by atoms with Gasteiger partial charge in [-0.3, -0.25) is 14.5 Å². The molecule has 1 fully saturated rings. The van der Waals surface area contributed by atoms with Crippen molar-refractivity contribution in [2.75, 3.05) is 13.1 Å². The molecule has 0 N–H and O–H groups in total. The molecule has 8 nitrogen and oxygen atoms in total. The Kier molecular flexibility index (Phi) is 4.26. The van der Waals surface area contributed by atoms with E-state index >= 15 is 0 Å². The fraction of sp³-hybridized carbons (Fsp3) is 0.333. The van der Waals surface area contributed by atoms with Crippen molar-refractivity contribution in [1.29, 1.82) is 0 Å². The average Bonchev–Trinajstić information content (AvgIpc) is 3.22. The number of fused-ring (bicyclic) bond motifs is 1. The number of carbonyl (C=O) groups is 3. The molecule has 0 aliphatic carbocycles. The SMILES string of the molecule is O=C(ON1C(=O)c2ccccc2C1=O)c1cc(CN2CCCCC2)on1. The molecule has 0 bridgehead atoms. The van der Waals surface area contributed by atoms with Crippen LogP contribution in [-0.2, 0) is 11.4 Å². The maximum absolute atomic E-state index is 12.2. The summed E-state index contributed by atoms with van der Waals surface area (Å²) >= 11 is 0. The molecular weight excluding hydrogens is 338 g/mol. The lowest BCUT2D eigenvalue weighted by molar-refractivity contribution is -0.0590. The third-order valence-electron chi connectivity index (χ3n) is 4.53. The van der Waals surface area contributed by atoms with Gasteiger partial charge in [-0.2, -0.15) is 0 Å². The number of piperidine rings is 1. The summed E-state index contributed by atoms with van der Waals surface area (Å²) in [7, 11) is 0. The van der Waals surface area contributed by atoms with Gasteiger partial charge in [0.25, 0.3) is 11.8 Å². The molecule has 2 aliphatic heterocycles. The molecule has 0 radical (unpaired) electrons. The maximum Gasteiger partial charge on any atom is 0.385 e. The summed E-state index contributed by atoms with van der Waals surface area (Å²) in [5.41, 5.74) is 0.334. The fourth-order valence-electron chi connectivity index (χ4n) is 3.20. The van der Waals surface area contributed by atoms with Gasteiger partial charge < -0.3 is 9.36 Å². The van der Waals surface area contributed by atoms with Crippen molar-refractivity contribution in [3.05, 3.63) is 52.9 Å². The van der Waals surface area contributed by atoms with E-state index in [1.165, 1.54) is 24.6 Å². The summed E-state index contributed by atoms with van der Waals surface area (Å²) in [4.78, 5) is 43.9. The third-order valence-corrected chi connectivity index (χ3v) is 4.53. The van der Waals surface area contributed by atoms with Gasteiger partial charge >= 0.3 is 5.97 Å². The standard InChI is InChI=1S/C18H17N3O5/c22-16-13-6-2-3-7-14(13)17(23)21(16)26-18(24)15-10-12(25-19-15)11-20-8-4-1-5-9-20/h2-3,6-7,10H,1,4-5,8-9,11H2. The molecule has 2 aromatic rings. The van der Waals surface area contributed by atoms with E-state index in [9.17, 15) is 14.4 Å². The Morgan fingerprint density at radius 3 is 2.38 bits per heavy atom. The number of hydroxylamine groups is 2. The summed E-state index contributed by atoms with van der Waals surface area (Å²) in [6.07, 6.45) is 3.51. The highest BCUT2D eigenvalue weighted by molar-refractivity contribution is 6.21. The molecule has 8 heteroatoms. The van der Waals surface area contributed by atoms with Crippen LogP contribution < -0.4 is 0 Å². The predicted octanol–water partition coefficient (Wildman–Crippen LogP) is 2.03. The van der Waals surface area contributed by atoms with E-state index in [1.807, 2.05) is 0 Å². The van der Waals surface area contributed by atoms with E-state index in [2.05, 4.69) is 10.1 Å². The van der Waals surface area contributed by atoms with Crippen LogP contribution in [-0.4, -0.2) is 46.0 Å². The zero-order valence-electron chi connectivity index (χ0n) is 14.0. The van der Waals surface area contributed by atoms with Crippen molar-refractivity contribution < 1.29 is 23.7 Å². The number of carbonyl (C=O) groups excluding carboxylic acids is 3. The van der Waals surface area contributed by atoms with Crippen LogP contribution >= 0.6 is 0 Å². The summed E-state index contributed by atoms with van der Waals surface area (Å²) in [6, 6.07) is 7.78. The minimum Gasteiger partial charge on any atom is -0.359 e. The van der Waals surface area contributed by atoms with Gasteiger partial charge in [0.15, 0.2) is 11.5 Å². The largest absolute Gasteiger partial charge is 0.385 e. The van der Waals surface area contributed by atoms with Gasteiger partial charge in [-0.1, -0.05) is 28.8 Å². The van der Waals surface area contributed by atoms with E-state index in [4.69, 9.17) is 9.36 Å². The molecule has 2 amide bonds. The van der Waals surface area contributed by atoms with E-state index in [1.54, 1.807) is 12.1 Å². The molecule has 1 saturated heterocycles. The van der Waals surface area contributed by atoms with Crippen molar-refractivity contribution in [3.63, 3.8) is 0 Å². The summed E-state index contributed by atoms with van der Waals surface area (Å²) < 4.78 is 5.19. The fourth-order valence-corrected chi connectivity index (χ4v) is 3.20. The molecule has 3 heterocycles. The number of benzene rings is 1. The van der Waals surface area contributed by atoms with Crippen LogP contribution in [0.4, 0.5) is 0 Å². The lowest BCUT2D eigenvalue weighted by Crippen LogP contribution is -2.32. The zero-order valence-corrected chi connectivity index (χ0v) is 14.0. The molecule has 0 spiro atoms. The number of aromatic nitrogens is 1. The van der Waals surface area contributed by atoms with Crippen molar-refractivity contribution in [3.8, 4) is 0 Å². The van der Waals surface area contributed by atoms with Crippen LogP contribution in [0.2, 0.25) is 0 Å². The first-order chi connectivity index (χ1) is 12.6. The van der Waals surface area contributed by atoms with E-state index in [0.29, 0.717) is 17.4 Å². The van der Waals surface area contributed by atoms with Crippen LogP contribution in [0.1, 0.15) is 56.2 Å². The smallest absolute Gasteiger partial charge is 0.359 e. The number of rotatable bonds is 4. The molecule has 2 aliphatic rings. The summed E-state index contributed by atoms with van der Waals surface area (Å²) in [5.74, 6) is -1.71. The van der Waals surface area contributed by atoms with Crippen molar-refractivity contribution >= 4 is 17.8 Å². The van der Waals surface area contributed by atoms with Gasteiger partial charge in [0.05, 0.1) is 17.7 Å². The van der Waals surface area contributed by atoms with Gasteiger partial charge in [0, 0.05) is 6.07 Å². The van der Waals surface area contributed by atoms with Gasteiger partial charge in [0.1, 0.15) is 0 Å². The number of hydrogen-bond acceptors (Lipinski definition) is 7. The Balaban J connectivity index is 1.43. The number of likely N-dealkylation sites (tertiary alicyclic amines) is 1. The molecule has 1 aromatic carbocycles. The first-order valence-electron chi connectivity index (χ1n) is 8.51. The van der Waals surface area contributed by atoms with Crippen molar-refractivity contribution in [2.24, 2.45) is 0 Å². The average molecular weight is 355 g/mol. The third kappa shape index (κ3) is 2.99. The second-order valence-corrected chi connectivity index (χ2v) is 6.34. The number of amides is 2. The van der Waals surface area contributed by atoms with E-state index in [0.717, 1.165) is 25.9 Å². The zero-order chi connectivity index (χ0) is 18.1. The molecule has 134 valence electrons. The maximum atomic E-state index is 12.2. The molecule has 1 aromatic heterocycles. The van der Waals surface area contributed by atoms with Crippen LogP contribution in [0.5, 0.6) is 0 Å². The van der Waals surface area contributed by atoms with Gasteiger partial charge in [-0.25, -0.2) is 4.79 Å². The summed E-state index contributed by atoms with van der Waals surface area (Å²) in [5, 5.41) is 4.16. The van der Waals surface area contributed by atoms with Gasteiger partial charge in [-0.05, 0) is 38.1 Å². The van der Waals surface area contributed by atoms with Crippen LogP contribution in [0.15, 0.2) is 34.9 Å². The summed E-state index contributed by atoms with van der Waals surface area (Å²) in [6.45, 7) is 2.53. The predicted molar refractivity (Wildman–Crippen MR) is 88.0 cm³/mol. The van der Waals surface area contributed by atoms with E-state index < -0.39 is 17.8 Å². The Bertz CT molecular complexity index is 834. The lowest BCUT2D eigenvalue weighted by Gasteiger charge is -2.24. The number of imide groups is 1. The molecule has 4 rings (SSSR count). The van der Waals surface area contributed by atoms with Crippen LogP contribution in [0.25, 0.3) is 0 Å². The van der Waals surface area contributed by atoms with Crippen LogP contribution in [0.3, 0.4) is 0 Å². The van der Waals surface area contributed by atoms with Crippen molar-refractivity contribution in [1.82, 2.24) is 15.1 Å². The Morgan fingerprint density at radius 1 is 1.08 bits per heavy atom. The lowest BCUT2D eigenvalue weighted by atomic mass is 10.1. The monoisotopic (exact) mass is 355 g/mol.